The molecular weight excluding hydrogens is 467 g/mol. The smallest absolute Gasteiger partial charge is 0.224 e. The van der Waals surface area contributed by atoms with Gasteiger partial charge in [0.15, 0.2) is 5.96 Å². The number of nitrogens with zero attached hydrogens (tertiary/aromatic N) is 5. The maximum Gasteiger partial charge on any atom is 0.224 e. The van der Waals surface area contributed by atoms with Crippen LogP contribution in [0.5, 0.6) is 0 Å². The van der Waals surface area contributed by atoms with E-state index in [0.29, 0.717) is 24.9 Å². The third-order valence-electron chi connectivity index (χ3n) is 5.21. The van der Waals surface area contributed by atoms with Crippen molar-refractivity contribution in [3.05, 3.63) is 17.5 Å². The Balaban J connectivity index is 0.00000392. The molecule has 1 N–H and O–H groups in total. The van der Waals surface area contributed by atoms with Crippen molar-refractivity contribution in [1.82, 2.24) is 24.9 Å². The van der Waals surface area contributed by atoms with Crippen LogP contribution in [0.4, 0.5) is 0 Å². The topological polar surface area (TPSA) is 65.8 Å². The fourth-order valence-corrected chi connectivity index (χ4v) is 3.77. The van der Waals surface area contributed by atoms with Crippen molar-refractivity contribution < 1.29 is 4.79 Å². The van der Waals surface area contributed by atoms with Gasteiger partial charge >= 0.3 is 0 Å². The van der Waals surface area contributed by atoms with Crippen molar-refractivity contribution in [3.63, 3.8) is 0 Å². The first kappa shape index (κ1) is 24.7. The SMILES string of the molecule is CN=C(NCCC(=O)N1CCCCC1C)N(C)Cc1cn(C)nc1C(C)C.I. The second-order valence-electron chi connectivity index (χ2n) is 7.88. The molecule has 2 heterocycles. The van der Waals surface area contributed by atoms with Gasteiger partial charge in [0.1, 0.15) is 0 Å². The lowest BCUT2D eigenvalue weighted by molar-refractivity contribution is -0.134. The van der Waals surface area contributed by atoms with Gasteiger partial charge in [-0.15, -0.1) is 24.0 Å². The molecule has 0 aliphatic carbocycles. The molecule has 1 aromatic heterocycles. The Labute approximate surface area is 187 Å². The molecule has 7 nitrogen and oxygen atoms in total. The summed E-state index contributed by atoms with van der Waals surface area (Å²) in [6.45, 7) is 8.70. The number of rotatable bonds is 6. The highest BCUT2D eigenvalue weighted by atomic mass is 127. The summed E-state index contributed by atoms with van der Waals surface area (Å²) in [6, 6.07) is 0.369. The molecule has 0 radical (unpaired) electrons. The second-order valence-corrected chi connectivity index (χ2v) is 7.88. The van der Waals surface area contributed by atoms with E-state index in [-0.39, 0.29) is 29.9 Å². The van der Waals surface area contributed by atoms with Gasteiger partial charge in [-0.1, -0.05) is 13.8 Å². The molecule has 1 aliphatic heterocycles. The zero-order chi connectivity index (χ0) is 20.0. The number of piperidine rings is 1. The predicted octanol–water partition coefficient (Wildman–Crippen LogP) is 2.96. The molecule has 0 aromatic carbocycles. The third kappa shape index (κ3) is 6.63. The van der Waals surface area contributed by atoms with E-state index in [1.807, 2.05) is 23.7 Å². The Morgan fingerprint density at radius 2 is 2.14 bits per heavy atom. The van der Waals surface area contributed by atoms with Crippen molar-refractivity contribution >= 4 is 35.8 Å². The zero-order valence-corrected chi connectivity index (χ0v) is 20.6. The number of carbonyl (C=O) groups is 1. The number of amides is 1. The van der Waals surface area contributed by atoms with E-state index in [0.717, 1.165) is 37.6 Å². The molecule has 0 bridgehead atoms. The van der Waals surface area contributed by atoms with Crippen LogP contribution in [0.3, 0.4) is 0 Å². The largest absolute Gasteiger partial charge is 0.356 e. The lowest BCUT2D eigenvalue weighted by Crippen LogP contribution is -2.44. The van der Waals surface area contributed by atoms with Crippen molar-refractivity contribution in [3.8, 4) is 0 Å². The lowest BCUT2D eigenvalue weighted by atomic mass is 10.0. The van der Waals surface area contributed by atoms with Gasteiger partial charge in [0.05, 0.1) is 5.69 Å². The molecule has 0 saturated carbocycles. The number of nitrogens with one attached hydrogen (secondary N) is 1. The number of hydrogen-bond donors (Lipinski definition) is 1. The van der Waals surface area contributed by atoms with E-state index in [1.165, 1.54) is 12.0 Å². The van der Waals surface area contributed by atoms with Gasteiger partial charge in [0.2, 0.25) is 5.91 Å². The fraction of sp³-hybridized carbons (Fsp3) is 0.750. The molecule has 8 heteroatoms. The Hall–Kier alpha value is -1.32. The van der Waals surface area contributed by atoms with Crippen LogP contribution in [0.2, 0.25) is 0 Å². The fourth-order valence-electron chi connectivity index (χ4n) is 3.77. The van der Waals surface area contributed by atoms with Crippen LogP contribution in [-0.2, 0) is 18.4 Å². The molecule has 1 atom stereocenters. The standard InChI is InChI=1S/C20H36N6O.HI/c1-15(2)19-17(14-25(6)23-19)13-24(5)20(21-4)22-11-10-18(27)26-12-8-7-9-16(26)3;/h14-16H,7-13H2,1-6H3,(H,21,22);1H. The summed E-state index contributed by atoms with van der Waals surface area (Å²) in [4.78, 5) is 21.0. The van der Waals surface area contributed by atoms with E-state index < -0.39 is 0 Å². The first-order chi connectivity index (χ1) is 12.8. The molecule has 1 saturated heterocycles. The van der Waals surface area contributed by atoms with Gasteiger partial charge in [-0.2, -0.15) is 5.10 Å². The molecule has 1 fully saturated rings. The molecular formula is C20H37IN6O. The van der Waals surface area contributed by atoms with Gasteiger partial charge in [0, 0.05) is 65.0 Å². The van der Waals surface area contributed by atoms with Crippen LogP contribution in [0.15, 0.2) is 11.2 Å². The number of aliphatic imine (C=N–C) groups is 1. The van der Waals surface area contributed by atoms with Gasteiger partial charge in [-0.05, 0) is 32.1 Å². The summed E-state index contributed by atoms with van der Waals surface area (Å²) in [6.07, 6.45) is 6.04. The maximum atomic E-state index is 12.5. The molecule has 1 aromatic rings. The van der Waals surface area contributed by atoms with Gasteiger partial charge in [0.25, 0.3) is 0 Å². The normalized spacial score (nSPS) is 17.5. The highest BCUT2D eigenvalue weighted by molar-refractivity contribution is 14.0. The number of hydrogen-bond acceptors (Lipinski definition) is 3. The van der Waals surface area contributed by atoms with E-state index in [2.05, 4.69) is 47.3 Å². The van der Waals surface area contributed by atoms with E-state index in [4.69, 9.17) is 0 Å². The first-order valence-electron chi connectivity index (χ1n) is 10.1. The Morgan fingerprint density at radius 3 is 2.75 bits per heavy atom. The summed E-state index contributed by atoms with van der Waals surface area (Å²) in [5.74, 6) is 1.42. The van der Waals surface area contributed by atoms with Crippen molar-refractivity contribution in [1.29, 1.82) is 0 Å². The van der Waals surface area contributed by atoms with Crippen LogP contribution < -0.4 is 5.32 Å². The van der Waals surface area contributed by atoms with Crippen LogP contribution >= 0.6 is 24.0 Å². The summed E-state index contributed by atoms with van der Waals surface area (Å²) in [5, 5.41) is 7.90. The minimum absolute atomic E-state index is 0. The van der Waals surface area contributed by atoms with E-state index in [9.17, 15) is 4.79 Å². The average molecular weight is 504 g/mol. The van der Waals surface area contributed by atoms with Crippen molar-refractivity contribution in [2.75, 3.05) is 27.2 Å². The monoisotopic (exact) mass is 504 g/mol. The molecule has 2 rings (SSSR count). The summed E-state index contributed by atoms with van der Waals surface area (Å²) < 4.78 is 1.87. The molecule has 1 amide bonds. The predicted molar refractivity (Wildman–Crippen MR) is 125 cm³/mol. The minimum atomic E-state index is 0. The Morgan fingerprint density at radius 1 is 1.43 bits per heavy atom. The van der Waals surface area contributed by atoms with Crippen LogP contribution in [-0.4, -0.2) is 64.7 Å². The number of aryl methyl sites for hydroxylation is 1. The maximum absolute atomic E-state index is 12.5. The zero-order valence-electron chi connectivity index (χ0n) is 18.2. The molecule has 0 spiro atoms. The van der Waals surface area contributed by atoms with Crippen molar-refractivity contribution in [2.45, 2.75) is 65.0 Å². The number of guanidine groups is 1. The first-order valence-corrected chi connectivity index (χ1v) is 10.1. The van der Waals surface area contributed by atoms with Crippen LogP contribution in [0.1, 0.15) is 63.6 Å². The lowest BCUT2D eigenvalue weighted by Gasteiger charge is -2.33. The van der Waals surface area contributed by atoms with Gasteiger partial charge in [-0.3, -0.25) is 14.5 Å². The quantitative estimate of drug-likeness (QED) is 0.368. The number of carbonyl (C=O) groups excluding carboxylic acids is 1. The Bertz CT molecular complexity index is 657. The molecule has 1 unspecified atom stereocenters. The Kier molecular flexibility index (Phi) is 10.3. The summed E-state index contributed by atoms with van der Waals surface area (Å²) in [5.41, 5.74) is 2.32. The van der Waals surface area contributed by atoms with Crippen LogP contribution in [0.25, 0.3) is 0 Å². The number of halogens is 1. The van der Waals surface area contributed by atoms with E-state index >= 15 is 0 Å². The average Bonchev–Trinajstić information content (AvgIpc) is 2.99. The molecule has 1 aliphatic rings. The van der Waals surface area contributed by atoms with Crippen molar-refractivity contribution in [2.24, 2.45) is 12.0 Å². The van der Waals surface area contributed by atoms with Gasteiger partial charge < -0.3 is 15.1 Å². The molecule has 160 valence electrons. The highest BCUT2D eigenvalue weighted by Crippen LogP contribution is 2.19. The third-order valence-corrected chi connectivity index (χ3v) is 5.21. The highest BCUT2D eigenvalue weighted by Gasteiger charge is 2.22. The summed E-state index contributed by atoms with van der Waals surface area (Å²) in [7, 11) is 5.75. The number of likely N-dealkylation sites (tertiary alicyclic amines) is 1. The minimum Gasteiger partial charge on any atom is -0.356 e. The second kappa shape index (κ2) is 11.6. The summed E-state index contributed by atoms with van der Waals surface area (Å²) >= 11 is 0. The molecule has 28 heavy (non-hydrogen) atoms. The van der Waals surface area contributed by atoms with E-state index in [1.54, 1.807) is 7.05 Å². The van der Waals surface area contributed by atoms with Crippen LogP contribution in [0, 0.1) is 0 Å². The number of aromatic nitrogens is 2. The van der Waals surface area contributed by atoms with Gasteiger partial charge in [-0.25, -0.2) is 0 Å².